The number of nitrogens with one attached hydrogen (secondary N) is 4. The Morgan fingerprint density at radius 1 is 0.700 bits per heavy atom. The Bertz CT molecular complexity index is 2280. The molecule has 7 rings (SSSR count). The average molecular weight is 836 g/mol. The van der Waals surface area contributed by atoms with Gasteiger partial charge in [0.2, 0.25) is 11.8 Å². The fourth-order valence-electron chi connectivity index (χ4n) is 8.01. The van der Waals surface area contributed by atoms with Crippen molar-refractivity contribution in [2.75, 3.05) is 27.3 Å². The number of hydrogen-bond acceptors (Lipinski definition) is 10. The lowest BCUT2D eigenvalue weighted by Gasteiger charge is -2.30. The van der Waals surface area contributed by atoms with Crippen LogP contribution in [0, 0.1) is 11.8 Å². The molecule has 4 N–H and O–H groups in total. The van der Waals surface area contributed by atoms with Crippen molar-refractivity contribution in [3.8, 4) is 43.5 Å². The number of ether oxygens (including phenoxy) is 2. The molecule has 0 aliphatic carbocycles. The summed E-state index contributed by atoms with van der Waals surface area (Å²) < 4.78 is 9.56. The molecule has 15 nitrogen and oxygen atoms in total. The third-order valence-electron chi connectivity index (χ3n) is 11.7. The molecule has 0 radical (unpaired) electrons. The number of H-pyrrole nitrogens is 2. The van der Waals surface area contributed by atoms with Crippen LogP contribution >= 0.6 is 11.3 Å². The minimum atomic E-state index is -0.690. The zero-order chi connectivity index (χ0) is 42.5. The van der Waals surface area contributed by atoms with E-state index in [9.17, 15) is 19.2 Å². The van der Waals surface area contributed by atoms with Gasteiger partial charge in [0.25, 0.3) is 0 Å². The number of imidazole rings is 2. The normalized spacial score (nSPS) is 18.0. The molecule has 2 saturated heterocycles. The molecule has 0 saturated carbocycles. The summed E-state index contributed by atoms with van der Waals surface area (Å²) in [7, 11) is 2.59. The molecular weight excluding hydrogens is 783 g/mol. The van der Waals surface area contributed by atoms with Crippen LogP contribution in [0.5, 0.6) is 0 Å². The average Bonchev–Trinajstić information content (AvgIpc) is 4.13. The van der Waals surface area contributed by atoms with Crippen LogP contribution in [-0.2, 0) is 19.1 Å². The minimum Gasteiger partial charge on any atom is -0.453 e. The van der Waals surface area contributed by atoms with Gasteiger partial charge < -0.3 is 39.9 Å². The Morgan fingerprint density at radius 2 is 1.17 bits per heavy atom. The first-order chi connectivity index (χ1) is 29.0. The summed E-state index contributed by atoms with van der Waals surface area (Å²) in [6, 6.07) is 14.7. The lowest BCUT2D eigenvalue weighted by Crippen LogP contribution is -2.51. The van der Waals surface area contributed by atoms with Gasteiger partial charge in [-0.25, -0.2) is 24.5 Å². The number of methoxy groups -OCH3 is 2. The summed E-state index contributed by atoms with van der Waals surface area (Å²) in [5.41, 5.74) is 5.70. The number of alkyl carbamates (subject to hydrolysis) is 2. The third kappa shape index (κ3) is 8.93. The Morgan fingerprint density at radius 3 is 1.65 bits per heavy atom. The highest BCUT2D eigenvalue weighted by Crippen LogP contribution is 2.37. The number of hydrogen-bond donors (Lipinski definition) is 4. The van der Waals surface area contributed by atoms with Gasteiger partial charge in [0.05, 0.1) is 55.0 Å². The fourth-order valence-corrected chi connectivity index (χ4v) is 8.94. The van der Waals surface area contributed by atoms with Crippen LogP contribution in [0.25, 0.3) is 43.5 Å². The lowest BCUT2D eigenvalue weighted by atomic mass is 9.97. The summed E-state index contributed by atoms with van der Waals surface area (Å²) in [4.78, 5) is 77.0. The number of aromatic amines is 2. The number of benzene rings is 2. The first-order valence-electron chi connectivity index (χ1n) is 20.6. The van der Waals surface area contributed by atoms with Gasteiger partial charge in [0, 0.05) is 24.8 Å². The van der Waals surface area contributed by atoms with Crippen LogP contribution < -0.4 is 10.6 Å². The van der Waals surface area contributed by atoms with Crippen LogP contribution in [-0.4, -0.2) is 98.1 Å². The quantitative estimate of drug-likeness (QED) is 0.0921. The maximum atomic E-state index is 13.7. The molecule has 5 aromatic rings. The summed E-state index contributed by atoms with van der Waals surface area (Å²) in [6.45, 7) is 8.94. The van der Waals surface area contributed by atoms with Crippen molar-refractivity contribution < 1.29 is 28.7 Å². The SMILES string of the molecule is CCC(C)[C@H](NC(=O)OC)C(=O)N1CCC[C@H]1c1ncc(-c2ccc(-c3cnc(-c4ccc(-c5cnc([C@@H]6CCCN6C(=O)C(NC(=O)OC)C(C)C)[nH]5)cc4)s3)cc2)[nH]1. The molecule has 4 amide bonds. The Kier molecular flexibility index (Phi) is 13.0. The number of aromatic nitrogens is 5. The van der Waals surface area contributed by atoms with E-state index in [-0.39, 0.29) is 35.7 Å². The highest BCUT2D eigenvalue weighted by Gasteiger charge is 2.39. The standard InChI is InChI=1S/C44H53N9O6S/c1-7-26(4)37(51-44(57)59-6)42(55)53-21-9-11-34(53)39-46-22-31(48-39)27-12-16-29(17-13-27)35-24-47-40(60-35)30-18-14-28(15-19-30)32-23-45-38(49-32)33-10-8-20-52(33)41(54)36(25(2)3)50-43(56)58-5/h12-19,22-26,33-34,36-37H,7-11,20-21H2,1-6H3,(H,45,49)(H,46,48)(H,50,56)(H,51,57)/t26?,33-,34-,36?,37-/m0/s1. The van der Waals surface area contributed by atoms with Crippen LogP contribution in [0.1, 0.15) is 83.5 Å². The first kappa shape index (κ1) is 42.1. The number of nitrogens with zero attached hydrogens (tertiary/aromatic N) is 5. The van der Waals surface area contributed by atoms with Crippen molar-refractivity contribution in [2.24, 2.45) is 11.8 Å². The van der Waals surface area contributed by atoms with E-state index < -0.39 is 24.3 Å². The molecule has 3 aromatic heterocycles. The van der Waals surface area contributed by atoms with Gasteiger partial charge in [-0.1, -0.05) is 82.6 Å². The van der Waals surface area contributed by atoms with Gasteiger partial charge in [0.15, 0.2) is 0 Å². The molecule has 0 spiro atoms. The van der Waals surface area contributed by atoms with E-state index in [2.05, 4.69) is 49.9 Å². The largest absolute Gasteiger partial charge is 0.453 e. The number of rotatable bonds is 13. The molecule has 2 aromatic carbocycles. The molecule has 5 heterocycles. The second kappa shape index (κ2) is 18.5. The third-order valence-corrected chi connectivity index (χ3v) is 12.7. The van der Waals surface area contributed by atoms with Gasteiger partial charge in [-0.3, -0.25) is 9.59 Å². The van der Waals surface area contributed by atoms with Gasteiger partial charge in [-0.15, -0.1) is 11.3 Å². The summed E-state index contributed by atoms with van der Waals surface area (Å²) in [6.07, 6.45) is 8.25. The Balaban J connectivity index is 0.990. The zero-order valence-electron chi connectivity index (χ0n) is 34.9. The van der Waals surface area contributed by atoms with E-state index in [0.29, 0.717) is 13.1 Å². The monoisotopic (exact) mass is 835 g/mol. The van der Waals surface area contributed by atoms with Crippen LogP contribution in [0.15, 0.2) is 67.1 Å². The molecule has 60 heavy (non-hydrogen) atoms. The van der Waals surface area contributed by atoms with Crippen molar-refractivity contribution >= 4 is 35.3 Å². The molecule has 316 valence electrons. The summed E-state index contributed by atoms with van der Waals surface area (Å²) in [5.74, 6) is 1.02. The lowest BCUT2D eigenvalue weighted by molar-refractivity contribution is -0.136. The van der Waals surface area contributed by atoms with Crippen molar-refractivity contribution in [2.45, 2.75) is 84.0 Å². The molecule has 2 aliphatic heterocycles. The van der Waals surface area contributed by atoms with Crippen molar-refractivity contribution in [1.82, 2.24) is 45.4 Å². The summed E-state index contributed by atoms with van der Waals surface area (Å²) >= 11 is 1.62. The van der Waals surface area contributed by atoms with E-state index in [1.54, 1.807) is 22.4 Å². The predicted octanol–water partition coefficient (Wildman–Crippen LogP) is 7.74. The second-order valence-corrected chi connectivity index (χ2v) is 16.8. The fraction of sp³-hybridized carbons (Fsp3) is 0.432. The number of amides is 4. The van der Waals surface area contributed by atoms with E-state index in [4.69, 9.17) is 19.4 Å². The van der Waals surface area contributed by atoms with Gasteiger partial charge in [-0.05, 0) is 54.2 Å². The minimum absolute atomic E-state index is 0.0552. The number of carbonyl (C=O) groups is 4. The zero-order valence-corrected chi connectivity index (χ0v) is 35.7. The molecule has 2 unspecified atom stereocenters. The van der Waals surface area contributed by atoms with Gasteiger partial charge in [0.1, 0.15) is 28.7 Å². The molecule has 2 aliphatic rings. The van der Waals surface area contributed by atoms with E-state index in [1.165, 1.54) is 14.2 Å². The number of thiazole rings is 1. The number of likely N-dealkylation sites (tertiary alicyclic amines) is 2. The van der Waals surface area contributed by atoms with Crippen molar-refractivity contribution in [3.05, 3.63) is 78.8 Å². The topological polar surface area (TPSA) is 188 Å². The summed E-state index contributed by atoms with van der Waals surface area (Å²) in [5, 5.41) is 6.34. The highest BCUT2D eigenvalue weighted by atomic mass is 32.1. The maximum absolute atomic E-state index is 13.7. The van der Waals surface area contributed by atoms with Crippen molar-refractivity contribution in [3.63, 3.8) is 0 Å². The van der Waals surface area contributed by atoms with Crippen LogP contribution in [0.2, 0.25) is 0 Å². The van der Waals surface area contributed by atoms with E-state index >= 15 is 0 Å². The van der Waals surface area contributed by atoms with Crippen molar-refractivity contribution in [1.29, 1.82) is 0 Å². The van der Waals surface area contributed by atoms with E-state index in [0.717, 1.165) is 87.3 Å². The Labute approximate surface area is 353 Å². The maximum Gasteiger partial charge on any atom is 0.407 e. The highest BCUT2D eigenvalue weighted by molar-refractivity contribution is 7.18. The molecule has 0 bridgehead atoms. The van der Waals surface area contributed by atoms with Crippen LogP contribution in [0.3, 0.4) is 0 Å². The molecule has 16 heteroatoms. The second-order valence-electron chi connectivity index (χ2n) is 15.8. The van der Waals surface area contributed by atoms with Crippen LogP contribution in [0.4, 0.5) is 9.59 Å². The first-order valence-corrected chi connectivity index (χ1v) is 21.4. The molecular formula is C44H53N9O6S. The smallest absolute Gasteiger partial charge is 0.407 e. The van der Waals surface area contributed by atoms with Gasteiger partial charge >= 0.3 is 12.2 Å². The van der Waals surface area contributed by atoms with Gasteiger partial charge in [-0.2, -0.15) is 0 Å². The Hall–Kier alpha value is -6.03. The number of carbonyl (C=O) groups excluding carboxylic acids is 4. The van der Waals surface area contributed by atoms with E-state index in [1.807, 2.05) is 69.3 Å². The molecule has 5 atom stereocenters. The predicted molar refractivity (Wildman–Crippen MR) is 228 cm³/mol. The molecule has 2 fully saturated rings.